The maximum absolute atomic E-state index is 12.6. The molecular weight excluding hydrogens is 500 g/mol. The molecule has 7 heteroatoms. The van der Waals surface area contributed by atoms with Gasteiger partial charge in [-0.05, 0) is 72.4 Å². The maximum Gasteiger partial charge on any atom is 0.251 e. The van der Waals surface area contributed by atoms with Gasteiger partial charge in [-0.2, -0.15) is 0 Å². The molecule has 0 unspecified atom stereocenters. The highest BCUT2D eigenvalue weighted by Gasteiger charge is 2.11. The molecular formula is C33H42N4O3. The van der Waals surface area contributed by atoms with Gasteiger partial charge in [0.25, 0.3) is 17.7 Å². The van der Waals surface area contributed by atoms with Crippen molar-refractivity contribution in [1.29, 1.82) is 0 Å². The Kier molecular flexibility index (Phi) is 12.4. The molecule has 3 amide bonds. The predicted octanol–water partition coefficient (Wildman–Crippen LogP) is 4.27. The minimum atomic E-state index is -0.115. The fraction of sp³-hybridized carbons (Fsp3) is 0.364. The van der Waals surface area contributed by atoms with Gasteiger partial charge in [0.1, 0.15) is 0 Å². The zero-order valence-electron chi connectivity index (χ0n) is 24.0. The zero-order valence-corrected chi connectivity index (χ0v) is 24.0. The molecule has 0 spiro atoms. The molecule has 0 radical (unpaired) electrons. The van der Waals surface area contributed by atoms with Gasteiger partial charge in [-0.25, -0.2) is 0 Å². The van der Waals surface area contributed by atoms with Crippen molar-refractivity contribution in [2.45, 2.75) is 40.0 Å². The summed E-state index contributed by atoms with van der Waals surface area (Å²) in [6, 6.07) is 22.9. The Bertz CT molecular complexity index is 1070. The van der Waals surface area contributed by atoms with Crippen LogP contribution in [0.3, 0.4) is 0 Å². The van der Waals surface area contributed by atoms with Crippen LogP contribution in [0.15, 0.2) is 72.8 Å². The maximum atomic E-state index is 12.6. The Morgan fingerprint density at radius 2 is 0.725 bits per heavy atom. The van der Waals surface area contributed by atoms with E-state index in [9.17, 15) is 14.4 Å². The largest absolute Gasteiger partial charge is 0.351 e. The first-order valence-corrected chi connectivity index (χ1v) is 14.3. The molecule has 3 aromatic rings. The Morgan fingerprint density at radius 3 is 0.950 bits per heavy atom. The summed E-state index contributed by atoms with van der Waals surface area (Å²) in [4.78, 5) is 39.9. The van der Waals surface area contributed by atoms with Crippen LogP contribution in [0.25, 0.3) is 0 Å². The van der Waals surface area contributed by atoms with Gasteiger partial charge in [0.2, 0.25) is 0 Å². The van der Waals surface area contributed by atoms with Crippen molar-refractivity contribution in [2.75, 3.05) is 39.3 Å². The summed E-state index contributed by atoms with van der Waals surface area (Å²) >= 11 is 0. The molecule has 0 saturated heterocycles. The fourth-order valence-electron chi connectivity index (χ4n) is 4.30. The van der Waals surface area contributed by atoms with Gasteiger partial charge in [0.15, 0.2) is 0 Å². The van der Waals surface area contributed by atoms with Gasteiger partial charge in [-0.15, -0.1) is 0 Å². The summed E-state index contributed by atoms with van der Waals surface area (Å²) < 4.78 is 0. The molecule has 0 atom stereocenters. The van der Waals surface area contributed by atoms with E-state index in [1.54, 1.807) is 0 Å². The van der Waals surface area contributed by atoms with E-state index in [0.29, 0.717) is 56.0 Å². The van der Waals surface area contributed by atoms with E-state index in [0.717, 1.165) is 19.3 Å². The van der Waals surface area contributed by atoms with Crippen molar-refractivity contribution in [3.63, 3.8) is 0 Å². The first kappa shape index (κ1) is 30.6. The molecule has 0 aliphatic heterocycles. The van der Waals surface area contributed by atoms with Gasteiger partial charge in [-0.3, -0.25) is 19.3 Å². The van der Waals surface area contributed by atoms with Crippen molar-refractivity contribution in [3.8, 4) is 0 Å². The molecule has 7 nitrogen and oxygen atoms in total. The summed E-state index contributed by atoms with van der Waals surface area (Å²) in [6.07, 6.45) is 2.79. The monoisotopic (exact) mass is 542 g/mol. The normalized spacial score (nSPS) is 10.8. The van der Waals surface area contributed by atoms with Gasteiger partial charge >= 0.3 is 0 Å². The lowest BCUT2D eigenvalue weighted by molar-refractivity contribution is 0.0948. The molecule has 0 heterocycles. The highest BCUT2D eigenvalue weighted by Crippen LogP contribution is 2.07. The topological polar surface area (TPSA) is 90.5 Å². The number of carbonyl (C=O) groups excluding carboxylic acids is 3. The van der Waals surface area contributed by atoms with E-state index < -0.39 is 0 Å². The molecule has 0 aromatic heterocycles. The third kappa shape index (κ3) is 9.65. The third-order valence-electron chi connectivity index (χ3n) is 7.01. The standard InChI is InChI=1S/C33H42N4O3/c1-4-25-7-13-28(14-8-25)31(38)34-19-22-37(23-20-35-32(39)29-15-9-26(5-2)10-16-29)24-21-36-33(40)30-17-11-27(6-3)12-18-30/h7-18H,4-6,19-24H2,1-3H3,(H,34,38)(H,35,39)(H,36,40). The number of rotatable bonds is 15. The number of nitrogens with one attached hydrogen (secondary N) is 3. The molecule has 3 N–H and O–H groups in total. The summed E-state index contributed by atoms with van der Waals surface area (Å²) in [6.45, 7) is 9.35. The van der Waals surface area contributed by atoms with Gasteiger partial charge in [-0.1, -0.05) is 57.2 Å². The van der Waals surface area contributed by atoms with Crippen molar-refractivity contribution in [2.24, 2.45) is 0 Å². The van der Waals surface area contributed by atoms with E-state index in [4.69, 9.17) is 0 Å². The second-order valence-electron chi connectivity index (χ2n) is 9.76. The predicted molar refractivity (Wildman–Crippen MR) is 161 cm³/mol. The molecule has 0 aliphatic carbocycles. The van der Waals surface area contributed by atoms with Gasteiger partial charge < -0.3 is 16.0 Å². The number of carbonyl (C=O) groups is 3. The van der Waals surface area contributed by atoms with Crippen molar-refractivity contribution < 1.29 is 14.4 Å². The first-order chi connectivity index (χ1) is 19.4. The molecule has 212 valence electrons. The van der Waals surface area contributed by atoms with E-state index >= 15 is 0 Å². The second-order valence-corrected chi connectivity index (χ2v) is 9.76. The zero-order chi connectivity index (χ0) is 28.7. The average molecular weight is 543 g/mol. The van der Waals surface area contributed by atoms with Gasteiger partial charge in [0.05, 0.1) is 0 Å². The Hall–Kier alpha value is -3.97. The molecule has 40 heavy (non-hydrogen) atoms. The molecule has 0 fully saturated rings. The third-order valence-corrected chi connectivity index (χ3v) is 7.01. The molecule has 3 rings (SSSR count). The summed E-state index contributed by atoms with van der Waals surface area (Å²) in [5, 5.41) is 8.95. The van der Waals surface area contributed by atoms with Crippen LogP contribution in [0.2, 0.25) is 0 Å². The van der Waals surface area contributed by atoms with Crippen LogP contribution in [-0.4, -0.2) is 61.9 Å². The van der Waals surface area contributed by atoms with Crippen LogP contribution in [0.4, 0.5) is 0 Å². The highest BCUT2D eigenvalue weighted by atomic mass is 16.2. The minimum absolute atomic E-state index is 0.115. The van der Waals surface area contributed by atoms with E-state index in [1.165, 1.54) is 16.7 Å². The SMILES string of the molecule is CCc1ccc(C(=O)NCCN(CCNC(=O)c2ccc(CC)cc2)CCNC(=O)c2ccc(CC)cc2)cc1. The van der Waals surface area contributed by atoms with E-state index in [2.05, 4.69) is 41.6 Å². The number of hydrogen-bond donors (Lipinski definition) is 3. The number of aryl methyl sites for hydroxylation is 3. The van der Waals surface area contributed by atoms with Crippen LogP contribution in [-0.2, 0) is 19.3 Å². The van der Waals surface area contributed by atoms with Crippen LogP contribution >= 0.6 is 0 Å². The smallest absolute Gasteiger partial charge is 0.251 e. The summed E-state index contributed by atoms with van der Waals surface area (Å²) in [5.74, 6) is -0.346. The minimum Gasteiger partial charge on any atom is -0.351 e. The van der Waals surface area contributed by atoms with Gasteiger partial charge in [0, 0.05) is 56.0 Å². The Balaban J connectivity index is 1.51. The Morgan fingerprint density at radius 1 is 0.475 bits per heavy atom. The van der Waals surface area contributed by atoms with Crippen molar-refractivity contribution >= 4 is 17.7 Å². The number of nitrogens with zero attached hydrogens (tertiary/aromatic N) is 1. The molecule has 0 saturated carbocycles. The fourth-order valence-corrected chi connectivity index (χ4v) is 4.30. The molecule has 0 bridgehead atoms. The summed E-state index contributed by atoms with van der Waals surface area (Å²) in [5.41, 5.74) is 5.46. The quantitative estimate of drug-likeness (QED) is 0.268. The molecule has 0 aliphatic rings. The van der Waals surface area contributed by atoms with E-state index in [-0.39, 0.29) is 17.7 Å². The molecule has 3 aromatic carbocycles. The highest BCUT2D eigenvalue weighted by molar-refractivity contribution is 5.95. The lowest BCUT2D eigenvalue weighted by Crippen LogP contribution is -2.43. The Labute approximate surface area is 238 Å². The lowest BCUT2D eigenvalue weighted by atomic mass is 10.1. The van der Waals surface area contributed by atoms with Crippen LogP contribution in [0.1, 0.15) is 68.5 Å². The van der Waals surface area contributed by atoms with Crippen LogP contribution in [0.5, 0.6) is 0 Å². The summed E-state index contributed by atoms with van der Waals surface area (Å²) in [7, 11) is 0. The lowest BCUT2D eigenvalue weighted by Gasteiger charge is -2.23. The van der Waals surface area contributed by atoms with Crippen molar-refractivity contribution in [3.05, 3.63) is 106 Å². The number of amides is 3. The number of benzene rings is 3. The number of hydrogen-bond acceptors (Lipinski definition) is 4. The van der Waals surface area contributed by atoms with Crippen molar-refractivity contribution in [1.82, 2.24) is 20.9 Å². The first-order valence-electron chi connectivity index (χ1n) is 14.3. The average Bonchev–Trinajstić information content (AvgIpc) is 3.00. The second kappa shape index (κ2) is 16.2. The van der Waals surface area contributed by atoms with Crippen LogP contribution < -0.4 is 16.0 Å². The van der Waals surface area contributed by atoms with Crippen LogP contribution in [0, 0.1) is 0 Å². The van der Waals surface area contributed by atoms with E-state index in [1.807, 2.05) is 72.8 Å².